The average Bonchev–Trinajstić information content (AvgIpc) is 2.18. The van der Waals surface area contributed by atoms with Crippen LogP contribution in [0.3, 0.4) is 0 Å². The molecule has 14 heavy (non-hydrogen) atoms. The van der Waals surface area contributed by atoms with E-state index in [9.17, 15) is 5.11 Å². The molecule has 0 aromatic carbocycles. The van der Waals surface area contributed by atoms with Gasteiger partial charge >= 0.3 is 0 Å². The maximum Gasteiger partial charge on any atom is 0.129 e. The van der Waals surface area contributed by atoms with Crippen LogP contribution in [0.15, 0.2) is 18.3 Å². The van der Waals surface area contributed by atoms with Gasteiger partial charge in [-0.3, -0.25) is 0 Å². The SMILES string of the molecule is C#CCN(C)c1cc([C@@H](C)O)ccn1. The van der Waals surface area contributed by atoms with Gasteiger partial charge in [-0.15, -0.1) is 6.42 Å². The molecule has 0 spiro atoms. The summed E-state index contributed by atoms with van der Waals surface area (Å²) in [6.45, 7) is 2.23. The number of pyridine rings is 1. The Balaban J connectivity index is 2.89. The van der Waals surface area contributed by atoms with Crippen LogP contribution in [0.25, 0.3) is 0 Å². The first kappa shape index (κ1) is 10.6. The van der Waals surface area contributed by atoms with Gasteiger partial charge in [-0.1, -0.05) is 5.92 Å². The number of aliphatic hydroxyl groups is 1. The number of aliphatic hydroxyl groups excluding tert-OH is 1. The quantitative estimate of drug-likeness (QED) is 0.728. The Morgan fingerprint density at radius 3 is 3.00 bits per heavy atom. The normalized spacial score (nSPS) is 11.9. The minimum atomic E-state index is -0.476. The molecule has 0 bridgehead atoms. The van der Waals surface area contributed by atoms with Gasteiger partial charge in [0.25, 0.3) is 0 Å². The third-order valence-corrected chi connectivity index (χ3v) is 1.97. The first-order chi connectivity index (χ1) is 6.65. The molecule has 1 N–H and O–H groups in total. The van der Waals surface area contributed by atoms with Gasteiger partial charge in [-0.25, -0.2) is 4.98 Å². The summed E-state index contributed by atoms with van der Waals surface area (Å²) in [4.78, 5) is 6.01. The van der Waals surface area contributed by atoms with E-state index in [0.29, 0.717) is 6.54 Å². The number of hydrogen-bond acceptors (Lipinski definition) is 3. The Morgan fingerprint density at radius 1 is 1.71 bits per heavy atom. The number of aromatic nitrogens is 1. The number of terminal acetylenes is 1. The lowest BCUT2D eigenvalue weighted by Crippen LogP contribution is -2.18. The van der Waals surface area contributed by atoms with Crippen LogP contribution in [-0.2, 0) is 0 Å². The molecule has 0 amide bonds. The fourth-order valence-corrected chi connectivity index (χ4v) is 1.12. The predicted molar refractivity (Wildman–Crippen MR) is 57.0 cm³/mol. The van der Waals surface area contributed by atoms with Crippen molar-refractivity contribution in [2.24, 2.45) is 0 Å². The fraction of sp³-hybridized carbons (Fsp3) is 0.364. The molecule has 0 saturated heterocycles. The minimum absolute atomic E-state index is 0.476. The van der Waals surface area contributed by atoms with Crippen molar-refractivity contribution in [2.45, 2.75) is 13.0 Å². The molecule has 3 nitrogen and oxygen atoms in total. The first-order valence-corrected chi connectivity index (χ1v) is 4.43. The highest BCUT2D eigenvalue weighted by Gasteiger charge is 2.04. The van der Waals surface area contributed by atoms with Crippen LogP contribution >= 0.6 is 0 Å². The maximum atomic E-state index is 9.37. The lowest BCUT2D eigenvalue weighted by Gasteiger charge is -2.16. The standard InChI is InChI=1S/C11H14N2O/c1-4-7-13(3)11-8-10(9(2)14)5-6-12-11/h1,5-6,8-9,14H,7H2,2-3H3/t9-/m1/s1. The van der Waals surface area contributed by atoms with Crippen LogP contribution < -0.4 is 4.90 Å². The second-order valence-electron chi connectivity index (χ2n) is 3.18. The molecule has 1 aromatic rings. The van der Waals surface area contributed by atoms with E-state index in [0.717, 1.165) is 11.4 Å². The van der Waals surface area contributed by atoms with E-state index >= 15 is 0 Å². The van der Waals surface area contributed by atoms with Crippen LogP contribution in [-0.4, -0.2) is 23.7 Å². The highest BCUT2D eigenvalue weighted by Crippen LogP contribution is 2.16. The van der Waals surface area contributed by atoms with E-state index in [4.69, 9.17) is 6.42 Å². The number of hydrogen-bond donors (Lipinski definition) is 1. The molecule has 0 aliphatic rings. The highest BCUT2D eigenvalue weighted by atomic mass is 16.3. The molecule has 0 aliphatic carbocycles. The molecule has 0 fully saturated rings. The molecular weight excluding hydrogens is 176 g/mol. The zero-order valence-electron chi connectivity index (χ0n) is 8.44. The van der Waals surface area contributed by atoms with Crippen molar-refractivity contribution in [1.29, 1.82) is 0 Å². The zero-order chi connectivity index (χ0) is 10.6. The van der Waals surface area contributed by atoms with Gasteiger partial charge in [-0.05, 0) is 24.6 Å². The molecule has 1 atom stereocenters. The number of anilines is 1. The molecule has 0 unspecified atom stereocenters. The van der Waals surface area contributed by atoms with Crippen molar-refractivity contribution < 1.29 is 5.11 Å². The zero-order valence-corrected chi connectivity index (χ0v) is 8.44. The van der Waals surface area contributed by atoms with Crippen LogP contribution in [0.1, 0.15) is 18.6 Å². The molecule has 0 saturated carbocycles. The van der Waals surface area contributed by atoms with Gasteiger partial charge in [0, 0.05) is 13.2 Å². The van der Waals surface area contributed by atoms with Crippen molar-refractivity contribution in [1.82, 2.24) is 4.98 Å². The van der Waals surface area contributed by atoms with E-state index in [2.05, 4.69) is 10.9 Å². The van der Waals surface area contributed by atoms with Gasteiger partial charge in [0.05, 0.1) is 12.6 Å². The van der Waals surface area contributed by atoms with E-state index in [-0.39, 0.29) is 0 Å². The molecule has 0 aliphatic heterocycles. The topological polar surface area (TPSA) is 36.4 Å². The summed E-state index contributed by atoms with van der Waals surface area (Å²) in [7, 11) is 1.87. The summed E-state index contributed by atoms with van der Waals surface area (Å²) in [5, 5.41) is 9.37. The fourth-order valence-electron chi connectivity index (χ4n) is 1.12. The van der Waals surface area contributed by atoms with Crippen molar-refractivity contribution in [3.63, 3.8) is 0 Å². The molecule has 3 heteroatoms. The van der Waals surface area contributed by atoms with Crippen molar-refractivity contribution in [2.75, 3.05) is 18.5 Å². The Kier molecular flexibility index (Phi) is 3.49. The number of rotatable bonds is 3. The summed E-state index contributed by atoms with van der Waals surface area (Å²) in [6.07, 6.45) is 6.39. The van der Waals surface area contributed by atoms with Crippen molar-refractivity contribution >= 4 is 5.82 Å². The lowest BCUT2D eigenvalue weighted by molar-refractivity contribution is 0.199. The Labute approximate surface area is 84.4 Å². The van der Waals surface area contributed by atoms with Crippen LogP contribution in [0.5, 0.6) is 0 Å². The maximum absolute atomic E-state index is 9.37. The number of nitrogens with zero attached hydrogens (tertiary/aromatic N) is 2. The third-order valence-electron chi connectivity index (χ3n) is 1.97. The monoisotopic (exact) mass is 190 g/mol. The summed E-state index contributed by atoms with van der Waals surface area (Å²) in [5.41, 5.74) is 0.846. The van der Waals surface area contributed by atoms with Gasteiger partial charge in [-0.2, -0.15) is 0 Å². The van der Waals surface area contributed by atoms with E-state index < -0.39 is 6.10 Å². The van der Waals surface area contributed by atoms with Gasteiger partial charge < -0.3 is 10.0 Å². The summed E-state index contributed by atoms with van der Waals surface area (Å²) < 4.78 is 0. The first-order valence-electron chi connectivity index (χ1n) is 4.43. The van der Waals surface area contributed by atoms with Crippen LogP contribution in [0, 0.1) is 12.3 Å². The molecule has 1 aromatic heterocycles. The largest absolute Gasteiger partial charge is 0.389 e. The smallest absolute Gasteiger partial charge is 0.129 e. The molecule has 1 heterocycles. The summed E-state index contributed by atoms with van der Waals surface area (Å²) >= 11 is 0. The molecule has 0 radical (unpaired) electrons. The Morgan fingerprint density at radius 2 is 2.43 bits per heavy atom. The molecule has 74 valence electrons. The minimum Gasteiger partial charge on any atom is -0.389 e. The van der Waals surface area contributed by atoms with E-state index in [1.807, 2.05) is 18.0 Å². The van der Waals surface area contributed by atoms with Gasteiger partial charge in [0.2, 0.25) is 0 Å². The molecular formula is C11H14N2O. The van der Waals surface area contributed by atoms with Gasteiger partial charge in [0.15, 0.2) is 0 Å². The summed E-state index contributed by atoms with van der Waals surface area (Å²) in [5.74, 6) is 3.32. The Hall–Kier alpha value is -1.53. The summed E-state index contributed by atoms with van der Waals surface area (Å²) in [6, 6.07) is 3.62. The average molecular weight is 190 g/mol. The second kappa shape index (κ2) is 4.64. The van der Waals surface area contributed by atoms with Gasteiger partial charge in [0.1, 0.15) is 5.82 Å². The van der Waals surface area contributed by atoms with Crippen molar-refractivity contribution in [3.8, 4) is 12.3 Å². The molecule has 1 rings (SSSR count). The van der Waals surface area contributed by atoms with E-state index in [1.165, 1.54) is 0 Å². The third kappa shape index (κ3) is 2.48. The lowest BCUT2D eigenvalue weighted by atomic mass is 10.2. The second-order valence-corrected chi connectivity index (χ2v) is 3.18. The Bertz CT molecular complexity index is 341. The van der Waals surface area contributed by atoms with Crippen LogP contribution in [0.4, 0.5) is 5.82 Å². The van der Waals surface area contributed by atoms with Crippen LogP contribution in [0.2, 0.25) is 0 Å². The van der Waals surface area contributed by atoms with E-state index in [1.54, 1.807) is 19.2 Å². The van der Waals surface area contributed by atoms with Crippen molar-refractivity contribution in [3.05, 3.63) is 23.9 Å². The highest BCUT2D eigenvalue weighted by molar-refractivity contribution is 5.41. The predicted octanol–water partition coefficient (Wildman–Crippen LogP) is 1.20.